The van der Waals surface area contributed by atoms with E-state index in [1.807, 2.05) is 82.3 Å². The second-order valence-corrected chi connectivity index (χ2v) is 8.31. The van der Waals surface area contributed by atoms with Crippen molar-refractivity contribution in [3.8, 4) is 0 Å². The Kier molecular flexibility index (Phi) is 5.55. The van der Waals surface area contributed by atoms with Gasteiger partial charge in [-0.05, 0) is 24.1 Å². The molecule has 32 heavy (non-hydrogen) atoms. The number of nitrogens with zero attached hydrogens (tertiary/aromatic N) is 3. The molecule has 1 fully saturated rings. The van der Waals surface area contributed by atoms with E-state index in [-0.39, 0.29) is 24.2 Å². The highest BCUT2D eigenvalue weighted by Crippen LogP contribution is 2.30. The van der Waals surface area contributed by atoms with Gasteiger partial charge in [0, 0.05) is 31.0 Å². The third-order valence-corrected chi connectivity index (χ3v) is 6.17. The summed E-state index contributed by atoms with van der Waals surface area (Å²) in [5.41, 5.74) is 3.70. The zero-order valence-corrected chi connectivity index (χ0v) is 17.9. The first kappa shape index (κ1) is 20.2. The minimum atomic E-state index is -0.0192. The summed E-state index contributed by atoms with van der Waals surface area (Å²) in [6, 6.07) is 27.4. The van der Waals surface area contributed by atoms with Crippen molar-refractivity contribution in [3.63, 3.8) is 0 Å². The summed E-state index contributed by atoms with van der Waals surface area (Å²) in [6.45, 7) is 1.55. The number of likely N-dealkylation sites (tertiary alicyclic amines) is 1. The van der Waals surface area contributed by atoms with Crippen LogP contribution in [0.2, 0.25) is 0 Å². The van der Waals surface area contributed by atoms with Crippen LogP contribution in [0, 0.1) is 0 Å². The van der Waals surface area contributed by atoms with Crippen molar-refractivity contribution in [2.45, 2.75) is 25.3 Å². The van der Waals surface area contributed by atoms with Gasteiger partial charge in [-0.15, -0.1) is 0 Å². The van der Waals surface area contributed by atoms with E-state index in [4.69, 9.17) is 4.98 Å². The fourth-order valence-corrected chi connectivity index (χ4v) is 4.50. The molecule has 0 radical (unpaired) electrons. The Bertz CT molecular complexity index is 1250. The lowest BCUT2D eigenvalue weighted by molar-refractivity contribution is -0.127. The predicted molar refractivity (Wildman–Crippen MR) is 125 cm³/mol. The molecule has 0 aliphatic carbocycles. The largest absolute Gasteiger partial charge is 0.342 e. The molecular weight excluding hydrogens is 398 g/mol. The summed E-state index contributed by atoms with van der Waals surface area (Å²) in [6.07, 6.45) is 1.26. The third-order valence-electron chi connectivity index (χ3n) is 6.17. The van der Waals surface area contributed by atoms with E-state index in [0.29, 0.717) is 25.1 Å². The first-order valence-electron chi connectivity index (χ1n) is 11.0. The fourth-order valence-electron chi connectivity index (χ4n) is 4.50. The molecule has 1 aliphatic rings. The van der Waals surface area contributed by atoms with E-state index in [9.17, 15) is 9.59 Å². The number of amides is 1. The fraction of sp³-hybridized carbons (Fsp3) is 0.222. The lowest BCUT2D eigenvalue weighted by atomic mass is 10.1. The number of para-hydroxylation sites is 2. The van der Waals surface area contributed by atoms with Crippen LogP contribution < -0.4 is 0 Å². The highest BCUT2D eigenvalue weighted by Gasteiger charge is 2.34. The summed E-state index contributed by atoms with van der Waals surface area (Å²) in [5, 5.41) is 0. The van der Waals surface area contributed by atoms with Gasteiger partial charge in [0.05, 0.1) is 17.6 Å². The van der Waals surface area contributed by atoms with Gasteiger partial charge in [-0.1, -0.05) is 72.8 Å². The Labute approximate surface area is 187 Å². The number of Topliss-reactive ketones (excluding diaryl/α,β-unsaturated/α-hetero) is 1. The Balaban J connectivity index is 1.39. The summed E-state index contributed by atoms with van der Waals surface area (Å²) in [4.78, 5) is 32.5. The van der Waals surface area contributed by atoms with Crippen molar-refractivity contribution in [1.29, 1.82) is 0 Å². The van der Waals surface area contributed by atoms with Gasteiger partial charge in [0.2, 0.25) is 5.91 Å². The average molecular weight is 424 g/mol. The zero-order chi connectivity index (χ0) is 21.9. The molecule has 0 saturated carbocycles. The van der Waals surface area contributed by atoms with E-state index in [2.05, 4.69) is 12.1 Å². The van der Waals surface area contributed by atoms with E-state index in [1.54, 1.807) is 0 Å². The number of fused-ring (bicyclic) bond motifs is 1. The van der Waals surface area contributed by atoms with Gasteiger partial charge in [0.15, 0.2) is 5.78 Å². The molecule has 160 valence electrons. The maximum absolute atomic E-state index is 13.0. The molecular formula is C27H25N3O2. The van der Waals surface area contributed by atoms with E-state index < -0.39 is 0 Å². The average Bonchev–Trinajstić information content (AvgIpc) is 3.39. The van der Waals surface area contributed by atoms with E-state index in [1.165, 1.54) is 5.56 Å². The first-order chi connectivity index (χ1) is 15.7. The quantitative estimate of drug-likeness (QED) is 0.412. The van der Waals surface area contributed by atoms with Crippen LogP contribution >= 0.6 is 0 Å². The summed E-state index contributed by atoms with van der Waals surface area (Å²) in [7, 11) is 0. The summed E-state index contributed by atoms with van der Waals surface area (Å²) < 4.78 is 2.00. The van der Waals surface area contributed by atoms with Crippen LogP contribution in [0.25, 0.3) is 11.0 Å². The standard InChI is InChI=1S/C27H25N3O2/c31-25(21-11-5-2-6-12-21)19-30-24-14-8-7-13-23(24)28-27(30)22-17-26(32)29(18-22)16-15-20-9-3-1-4-10-20/h1-14,22H,15-19H2. The Hall–Kier alpha value is -3.73. The third kappa shape index (κ3) is 4.06. The summed E-state index contributed by atoms with van der Waals surface area (Å²) >= 11 is 0. The van der Waals surface area contributed by atoms with E-state index in [0.717, 1.165) is 23.3 Å². The zero-order valence-electron chi connectivity index (χ0n) is 17.9. The van der Waals surface area contributed by atoms with Gasteiger partial charge >= 0.3 is 0 Å². The molecule has 0 N–H and O–H groups in total. The molecule has 5 nitrogen and oxygen atoms in total. The van der Waals surface area contributed by atoms with Crippen LogP contribution in [-0.2, 0) is 17.8 Å². The highest BCUT2D eigenvalue weighted by molar-refractivity contribution is 5.96. The second-order valence-electron chi connectivity index (χ2n) is 8.31. The molecule has 3 aromatic carbocycles. The number of imidazole rings is 1. The number of benzene rings is 3. The van der Waals surface area contributed by atoms with Gasteiger partial charge in [-0.2, -0.15) is 0 Å². The van der Waals surface area contributed by atoms with Gasteiger partial charge in [-0.3, -0.25) is 9.59 Å². The topological polar surface area (TPSA) is 55.2 Å². The molecule has 1 aliphatic heterocycles. The lowest BCUT2D eigenvalue weighted by Gasteiger charge is -2.17. The van der Waals surface area contributed by atoms with Crippen LogP contribution in [-0.4, -0.2) is 39.2 Å². The molecule has 5 rings (SSSR count). The SMILES string of the molecule is O=C(Cn1c(C2CC(=O)N(CCc3ccccc3)C2)nc2ccccc21)c1ccccc1. The molecule has 1 aromatic heterocycles. The summed E-state index contributed by atoms with van der Waals surface area (Å²) in [5.74, 6) is 1.000. The molecule has 2 heterocycles. The molecule has 0 bridgehead atoms. The van der Waals surface area contributed by atoms with Crippen molar-refractivity contribution >= 4 is 22.7 Å². The van der Waals surface area contributed by atoms with Gasteiger partial charge in [0.25, 0.3) is 0 Å². The molecule has 5 heteroatoms. The number of rotatable bonds is 7. The van der Waals surface area contributed by atoms with Gasteiger partial charge in [0.1, 0.15) is 5.82 Å². The number of aromatic nitrogens is 2. The van der Waals surface area contributed by atoms with Crippen molar-refractivity contribution < 1.29 is 9.59 Å². The van der Waals surface area contributed by atoms with Crippen LogP contribution in [0.15, 0.2) is 84.9 Å². The Morgan fingerprint density at radius 2 is 1.59 bits per heavy atom. The minimum absolute atomic E-state index is 0.0192. The van der Waals surface area contributed by atoms with Crippen molar-refractivity contribution in [2.75, 3.05) is 13.1 Å². The van der Waals surface area contributed by atoms with Crippen molar-refractivity contribution in [3.05, 3.63) is 102 Å². The Morgan fingerprint density at radius 1 is 0.906 bits per heavy atom. The number of hydrogen-bond acceptors (Lipinski definition) is 3. The number of carbonyl (C=O) groups is 2. The minimum Gasteiger partial charge on any atom is -0.342 e. The van der Waals surface area contributed by atoms with Crippen molar-refractivity contribution in [2.24, 2.45) is 0 Å². The van der Waals surface area contributed by atoms with Crippen LogP contribution in [0.5, 0.6) is 0 Å². The molecule has 4 aromatic rings. The first-order valence-corrected chi connectivity index (χ1v) is 11.0. The molecule has 1 amide bonds. The molecule has 0 spiro atoms. The van der Waals surface area contributed by atoms with Gasteiger partial charge < -0.3 is 9.47 Å². The molecule has 1 unspecified atom stereocenters. The van der Waals surface area contributed by atoms with Crippen LogP contribution in [0.1, 0.15) is 34.1 Å². The number of carbonyl (C=O) groups excluding carboxylic acids is 2. The predicted octanol–water partition coefficient (Wildman–Crippen LogP) is 4.48. The van der Waals surface area contributed by atoms with Crippen LogP contribution in [0.4, 0.5) is 0 Å². The van der Waals surface area contributed by atoms with Crippen LogP contribution in [0.3, 0.4) is 0 Å². The lowest BCUT2D eigenvalue weighted by Crippen LogP contribution is -2.27. The highest BCUT2D eigenvalue weighted by atomic mass is 16.2. The Morgan fingerprint density at radius 3 is 2.38 bits per heavy atom. The maximum Gasteiger partial charge on any atom is 0.223 e. The number of ketones is 1. The normalized spacial score (nSPS) is 16.1. The van der Waals surface area contributed by atoms with Crippen molar-refractivity contribution in [1.82, 2.24) is 14.5 Å². The van der Waals surface area contributed by atoms with Gasteiger partial charge in [-0.25, -0.2) is 4.98 Å². The molecule has 1 atom stereocenters. The maximum atomic E-state index is 13.0. The van der Waals surface area contributed by atoms with E-state index >= 15 is 0 Å². The number of hydrogen-bond donors (Lipinski definition) is 0. The smallest absolute Gasteiger partial charge is 0.223 e. The molecule has 1 saturated heterocycles. The monoisotopic (exact) mass is 423 g/mol. The second kappa shape index (κ2) is 8.79.